The molecule has 1 aromatic carbocycles. The molecule has 1 saturated carbocycles. The van der Waals surface area contributed by atoms with Crippen molar-refractivity contribution in [3.05, 3.63) is 40.2 Å². The Morgan fingerprint density at radius 2 is 2.06 bits per heavy atom. The Morgan fingerprint density at radius 3 is 2.71 bits per heavy atom. The van der Waals surface area contributed by atoms with Gasteiger partial charge in [-0.05, 0) is 38.8 Å². The molecule has 1 atom stereocenters. The second kappa shape index (κ2) is 9.41. The van der Waals surface area contributed by atoms with Gasteiger partial charge in [-0.3, -0.25) is 0 Å². The molecule has 0 spiro atoms. The summed E-state index contributed by atoms with van der Waals surface area (Å²) in [7, 11) is 0. The van der Waals surface area contributed by atoms with Crippen LogP contribution in [0.15, 0.2) is 18.3 Å². The predicted octanol–water partition coefficient (Wildman–Crippen LogP) is 2.23. The Hall–Kier alpha value is -3.48. The maximum atomic E-state index is 10.7. The number of imidazole rings is 1. The summed E-state index contributed by atoms with van der Waals surface area (Å²) < 4.78 is 1.39. The van der Waals surface area contributed by atoms with E-state index in [1.54, 1.807) is 13.8 Å². The molecule has 11 nitrogen and oxygen atoms in total. The zero-order chi connectivity index (χ0) is 24.5. The molecule has 3 aromatic rings. The number of aliphatic hydroxyl groups excluding tert-OH is 2. The second-order valence-electron chi connectivity index (χ2n) is 8.80. The summed E-state index contributed by atoms with van der Waals surface area (Å²) in [4.78, 5) is 8.75. The van der Waals surface area contributed by atoms with Gasteiger partial charge in [0.1, 0.15) is 6.07 Å². The van der Waals surface area contributed by atoms with E-state index in [-0.39, 0.29) is 41.4 Å². The monoisotopic (exact) mass is 481 g/mol. The Kier molecular flexibility index (Phi) is 6.55. The first-order valence-electron chi connectivity index (χ1n) is 10.7. The van der Waals surface area contributed by atoms with Gasteiger partial charge in [0.25, 0.3) is 0 Å². The van der Waals surface area contributed by atoms with Crippen LogP contribution in [-0.2, 0) is 0 Å². The van der Waals surface area contributed by atoms with Gasteiger partial charge in [-0.1, -0.05) is 11.6 Å². The van der Waals surface area contributed by atoms with Crippen LogP contribution in [0.1, 0.15) is 49.6 Å². The van der Waals surface area contributed by atoms with Crippen LogP contribution >= 0.6 is 11.6 Å². The van der Waals surface area contributed by atoms with E-state index >= 15 is 0 Å². The van der Waals surface area contributed by atoms with Crippen LogP contribution in [0.4, 0.5) is 17.5 Å². The van der Waals surface area contributed by atoms with E-state index in [0.717, 1.165) is 12.8 Å². The molecule has 1 fully saturated rings. The van der Waals surface area contributed by atoms with Gasteiger partial charge in [0.15, 0.2) is 17.2 Å². The van der Waals surface area contributed by atoms with Crippen molar-refractivity contribution in [2.75, 3.05) is 23.8 Å². The highest BCUT2D eigenvalue weighted by Gasteiger charge is 2.25. The number of fused-ring (bicyclic) bond motifs is 1. The summed E-state index contributed by atoms with van der Waals surface area (Å²) in [5.41, 5.74) is 1.01. The molecule has 1 unspecified atom stereocenters. The van der Waals surface area contributed by atoms with Crippen molar-refractivity contribution in [2.45, 2.75) is 44.4 Å². The van der Waals surface area contributed by atoms with Crippen LogP contribution in [0.3, 0.4) is 0 Å². The molecule has 12 heteroatoms. The van der Waals surface area contributed by atoms with Crippen molar-refractivity contribution in [3.8, 4) is 12.1 Å². The summed E-state index contributed by atoms with van der Waals surface area (Å²) in [6.45, 7) is 3.59. The Labute approximate surface area is 201 Å². The zero-order valence-electron chi connectivity index (χ0n) is 18.7. The first kappa shape index (κ1) is 23.7. The molecular formula is C22H24ClN9O2. The quantitative estimate of drug-likeness (QED) is 0.305. The van der Waals surface area contributed by atoms with Gasteiger partial charge in [0.05, 0.1) is 41.3 Å². The van der Waals surface area contributed by atoms with Gasteiger partial charge in [-0.15, -0.1) is 5.10 Å². The third-order valence-electron chi connectivity index (χ3n) is 5.40. The number of nitrogens with one attached hydrogen (secondary N) is 3. The molecule has 176 valence electrons. The minimum atomic E-state index is -1.04. The summed E-state index contributed by atoms with van der Waals surface area (Å²) in [5.74, 6) is 0.617. The Bertz CT molecular complexity index is 1300. The standard InChI is InChI=1S/C22H24ClN9O2/c1-22(2,11-33)27-10-17(34)15-5-12(7-24)6-16(18(15)23)29-21-30-19(28-13-3-4-13)20-26-9-14(8-25)32(20)31-21/h5-6,9,13,17,27,33-34H,3-4,10-11H2,1-2H3,(H2,28,29,30,31). The number of hydrogen-bond acceptors (Lipinski definition) is 10. The number of aromatic nitrogens is 4. The number of nitriles is 2. The average molecular weight is 482 g/mol. The van der Waals surface area contributed by atoms with Gasteiger partial charge < -0.3 is 26.2 Å². The molecule has 0 bridgehead atoms. The Balaban J connectivity index is 1.69. The highest BCUT2D eigenvalue weighted by molar-refractivity contribution is 6.34. The van der Waals surface area contributed by atoms with Crippen LogP contribution in [0.5, 0.6) is 0 Å². The normalized spacial score (nSPS) is 14.4. The van der Waals surface area contributed by atoms with Crippen molar-refractivity contribution >= 4 is 34.7 Å². The fourth-order valence-corrected chi connectivity index (χ4v) is 3.51. The highest BCUT2D eigenvalue weighted by atomic mass is 35.5. The predicted molar refractivity (Wildman–Crippen MR) is 126 cm³/mol. The molecule has 34 heavy (non-hydrogen) atoms. The molecule has 1 aliphatic rings. The van der Waals surface area contributed by atoms with Gasteiger partial charge in [0, 0.05) is 23.7 Å². The number of hydrogen-bond donors (Lipinski definition) is 5. The van der Waals surface area contributed by atoms with E-state index in [2.05, 4.69) is 37.1 Å². The van der Waals surface area contributed by atoms with Crippen LogP contribution in [0.25, 0.3) is 5.65 Å². The molecular weight excluding hydrogens is 458 g/mol. The lowest BCUT2D eigenvalue weighted by atomic mass is 10.0. The summed E-state index contributed by atoms with van der Waals surface area (Å²) >= 11 is 6.60. The SMILES string of the molecule is CC(C)(CO)NCC(O)c1cc(C#N)cc(Nc2nc(NC3CC3)c3ncc(C#N)n3n2)c1Cl. The van der Waals surface area contributed by atoms with Crippen LogP contribution in [-0.4, -0.2) is 54.5 Å². The van der Waals surface area contributed by atoms with E-state index in [1.165, 1.54) is 22.8 Å². The molecule has 0 radical (unpaired) electrons. The topological polar surface area (TPSA) is 167 Å². The smallest absolute Gasteiger partial charge is 0.247 e. The fourth-order valence-electron chi connectivity index (χ4n) is 3.23. The van der Waals surface area contributed by atoms with Gasteiger partial charge >= 0.3 is 0 Å². The van der Waals surface area contributed by atoms with E-state index in [4.69, 9.17) is 11.6 Å². The minimum Gasteiger partial charge on any atom is -0.394 e. The van der Waals surface area contributed by atoms with Crippen molar-refractivity contribution in [3.63, 3.8) is 0 Å². The maximum absolute atomic E-state index is 10.7. The number of benzene rings is 1. The molecule has 0 amide bonds. The van der Waals surface area contributed by atoms with E-state index < -0.39 is 11.6 Å². The summed E-state index contributed by atoms with van der Waals surface area (Å²) in [6, 6.07) is 7.45. The lowest BCUT2D eigenvalue weighted by molar-refractivity contribution is 0.136. The maximum Gasteiger partial charge on any atom is 0.247 e. The van der Waals surface area contributed by atoms with E-state index in [1.807, 2.05) is 6.07 Å². The molecule has 5 N–H and O–H groups in total. The number of nitrogens with zero attached hydrogens (tertiary/aromatic N) is 6. The first-order valence-corrected chi connectivity index (χ1v) is 11.1. The van der Waals surface area contributed by atoms with E-state index in [0.29, 0.717) is 22.7 Å². The van der Waals surface area contributed by atoms with Crippen molar-refractivity contribution < 1.29 is 10.2 Å². The first-order chi connectivity index (χ1) is 16.2. The Morgan fingerprint density at radius 1 is 1.29 bits per heavy atom. The number of aliphatic hydroxyl groups is 2. The molecule has 2 heterocycles. The average Bonchev–Trinajstić information content (AvgIpc) is 3.54. The molecule has 0 saturated heterocycles. The van der Waals surface area contributed by atoms with E-state index in [9.17, 15) is 20.7 Å². The molecule has 4 rings (SSSR count). The fraction of sp³-hybridized carbons (Fsp3) is 0.409. The molecule has 1 aliphatic carbocycles. The van der Waals surface area contributed by atoms with Crippen molar-refractivity contribution in [1.29, 1.82) is 10.5 Å². The number of anilines is 3. The van der Waals surface area contributed by atoms with Gasteiger partial charge in [-0.2, -0.15) is 20.0 Å². The lowest BCUT2D eigenvalue weighted by Gasteiger charge is -2.26. The third-order valence-corrected chi connectivity index (χ3v) is 5.82. The number of β-amino-alcohol motifs (C(OH)–C–C–N with tert-alkyl or cyclic N) is 1. The minimum absolute atomic E-state index is 0.111. The summed E-state index contributed by atoms with van der Waals surface area (Å²) in [6.07, 6.45) is 2.41. The largest absolute Gasteiger partial charge is 0.394 e. The van der Waals surface area contributed by atoms with Crippen molar-refractivity contribution in [2.24, 2.45) is 0 Å². The molecule has 2 aromatic heterocycles. The van der Waals surface area contributed by atoms with Gasteiger partial charge in [0.2, 0.25) is 5.95 Å². The van der Waals surface area contributed by atoms with Crippen molar-refractivity contribution in [1.82, 2.24) is 24.9 Å². The van der Waals surface area contributed by atoms with Crippen LogP contribution in [0, 0.1) is 22.7 Å². The van der Waals surface area contributed by atoms with Crippen LogP contribution in [0.2, 0.25) is 5.02 Å². The molecule has 0 aliphatic heterocycles. The highest BCUT2D eigenvalue weighted by Crippen LogP contribution is 2.34. The number of rotatable bonds is 9. The van der Waals surface area contributed by atoms with Crippen LogP contribution < -0.4 is 16.0 Å². The number of halogens is 1. The summed E-state index contributed by atoms with van der Waals surface area (Å²) in [5, 5.41) is 53.0. The third kappa shape index (κ3) is 5.03. The lowest BCUT2D eigenvalue weighted by Crippen LogP contribution is -2.44. The zero-order valence-corrected chi connectivity index (χ0v) is 19.4. The second-order valence-corrected chi connectivity index (χ2v) is 9.17. The van der Waals surface area contributed by atoms with Gasteiger partial charge in [-0.25, -0.2) is 4.98 Å².